The summed E-state index contributed by atoms with van der Waals surface area (Å²) in [6.45, 7) is -0.0411. The Hall–Kier alpha value is -3.44. The number of fused-ring (bicyclic) bond motifs is 3. The van der Waals surface area contributed by atoms with Crippen LogP contribution >= 0.6 is 0 Å². The van der Waals surface area contributed by atoms with Crippen molar-refractivity contribution in [2.75, 3.05) is 40.5 Å². The monoisotopic (exact) mass is 526 g/mol. The van der Waals surface area contributed by atoms with E-state index in [1.807, 2.05) is 30.3 Å². The number of aliphatic hydroxyl groups is 3. The summed E-state index contributed by atoms with van der Waals surface area (Å²) in [6, 6.07) is 11.8. The average molecular weight is 527 g/mol. The van der Waals surface area contributed by atoms with Crippen LogP contribution in [0.4, 0.5) is 0 Å². The van der Waals surface area contributed by atoms with E-state index >= 15 is 0 Å². The summed E-state index contributed by atoms with van der Waals surface area (Å²) in [5, 5.41) is 33.3. The molecule has 38 heavy (non-hydrogen) atoms. The van der Waals surface area contributed by atoms with Gasteiger partial charge in [0.2, 0.25) is 11.8 Å². The number of rotatable bonds is 11. The molecule has 2 aromatic rings. The van der Waals surface area contributed by atoms with Crippen molar-refractivity contribution in [2.24, 2.45) is 0 Å². The Morgan fingerprint density at radius 1 is 1.11 bits per heavy atom. The lowest BCUT2D eigenvalue weighted by Crippen LogP contribution is -2.56. The molecule has 4 rings (SSSR count). The Morgan fingerprint density at radius 3 is 2.53 bits per heavy atom. The zero-order chi connectivity index (χ0) is 27.2. The minimum absolute atomic E-state index is 0.0365. The zero-order valence-corrected chi connectivity index (χ0v) is 21.5. The van der Waals surface area contributed by atoms with Gasteiger partial charge in [0.25, 0.3) is 0 Å². The number of carbonyl (C=O) groups excluding carboxylic acids is 2. The molecule has 0 bridgehead atoms. The van der Waals surface area contributed by atoms with Crippen LogP contribution in [-0.4, -0.2) is 90.8 Å². The quantitative estimate of drug-likeness (QED) is 0.333. The van der Waals surface area contributed by atoms with Gasteiger partial charge in [0.05, 0.1) is 45.3 Å². The summed E-state index contributed by atoms with van der Waals surface area (Å²) in [5.74, 6) is -0.616. The topological polar surface area (TPSA) is 138 Å². The number of hydrogen-bond acceptors (Lipinski definition) is 8. The molecule has 0 radical (unpaired) electrons. The number of benzene rings is 2. The zero-order valence-electron chi connectivity index (χ0n) is 21.5. The summed E-state index contributed by atoms with van der Waals surface area (Å²) in [7, 11) is 3.00. The fourth-order valence-electron chi connectivity index (χ4n) is 5.12. The van der Waals surface area contributed by atoms with Crippen LogP contribution in [0, 0.1) is 0 Å². The van der Waals surface area contributed by atoms with Gasteiger partial charge in [-0.2, -0.15) is 0 Å². The molecular weight excluding hydrogens is 492 g/mol. The van der Waals surface area contributed by atoms with Crippen LogP contribution in [0.25, 0.3) is 0 Å². The highest BCUT2D eigenvalue weighted by Gasteiger charge is 2.51. The van der Waals surface area contributed by atoms with Gasteiger partial charge in [0.1, 0.15) is 12.2 Å². The van der Waals surface area contributed by atoms with E-state index in [4.69, 9.17) is 14.2 Å². The van der Waals surface area contributed by atoms with Gasteiger partial charge in [0, 0.05) is 31.3 Å². The summed E-state index contributed by atoms with van der Waals surface area (Å²) >= 11 is 0. The van der Waals surface area contributed by atoms with Gasteiger partial charge in [-0.1, -0.05) is 30.3 Å². The fourth-order valence-corrected chi connectivity index (χ4v) is 5.12. The number of amides is 2. The van der Waals surface area contributed by atoms with Crippen LogP contribution in [0.1, 0.15) is 22.6 Å². The number of methoxy groups -OCH3 is 2. The first-order valence-corrected chi connectivity index (χ1v) is 12.5. The maximum absolute atomic E-state index is 13.5. The van der Waals surface area contributed by atoms with Crippen molar-refractivity contribution in [3.05, 3.63) is 70.8 Å². The first kappa shape index (κ1) is 27.6. The van der Waals surface area contributed by atoms with Gasteiger partial charge in [-0.3, -0.25) is 9.59 Å². The molecule has 204 valence electrons. The third-order valence-electron chi connectivity index (χ3n) is 6.91. The summed E-state index contributed by atoms with van der Waals surface area (Å²) < 4.78 is 16.9. The molecule has 0 saturated heterocycles. The number of nitrogens with one attached hydrogen (secondary N) is 1. The molecule has 4 atom stereocenters. The highest BCUT2D eigenvalue weighted by Crippen LogP contribution is 2.51. The van der Waals surface area contributed by atoms with E-state index in [0.717, 1.165) is 5.56 Å². The van der Waals surface area contributed by atoms with Crippen LogP contribution in [0.2, 0.25) is 0 Å². The molecule has 1 aliphatic carbocycles. The lowest BCUT2D eigenvalue weighted by molar-refractivity contribution is -0.137. The van der Waals surface area contributed by atoms with Crippen molar-refractivity contribution in [2.45, 2.75) is 37.2 Å². The molecule has 4 N–H and O–H groups in total. The van der Waals surface area contributed by atoms with E-state index in [0.29, 0.717) is 28.2 Å². The molecular formula is C28H34N2O8. The van der Waals surface area contributed by atoms with Crippen LogP contribution in [0.3, 0.4) is 0 Å². The number of carbonyl (C=O) groups is 2. The molecule has 0 unspecified atom stereocenters. The van der Waals surface area contributed by atoms with E-state index < -0.39 is 30.1 Å². The van der Waals surface area contributed by atoms with Crippen molar-refractivity contribution in [1.82, 2.24) is 10.2 Å². The van der Waals surface area contributed by atoms with Crippen LogP contribution in [-0.2, 0) is 27.4 Å². The van der Waals surface area contributed by atoms with Gasteiger partial charge < -0.3 is 39.7 Å². The molecule has 0 spiro atoms. The van der Waals surface area contributed by atoms with Crippen molar-refractivity contribution < 1.29 is 39.1 Å². The number of ether oxygens (including phenoxy) is 3. The maximum Gasteiger partial charge on any atom is 0.247 e. The molecule has 0 fully saturated rings. The molecule has 0 aromatic heterocycles. The lowest BCUT2D eigenvalue weighted by Gasteiger charge is -2.40. The molecule has 10 heteroatoms. The highest BCUT2D eigenvalue weighted by molar-refractivity contribution is 5.96. The van der Waals surface area contributed by atoms with Crippen molar-refractivity contribution in [3.8, 4) is 11.5 Å². The van der Waals surface area contributed by atoms with Crippen molar-refractivity contribution >= 4 is 11.8 Å². The van der Waals surface area contributed by atoms with E-state index in [1.54, 1.807) is 18.2 Å². The van der Waals surface area contributed by atoms with Gasteiger partial charge in [0.15, 0.2) is 11.5 Å². The van der Waals surface area contributed by atoms with Gasteiger partial charge >= 0.3 is 0 Å². The first-order chi connectivity index (χ1) is 18.4. The lowest BCUT2D eigenvalue weighted by atomic mass is 9.77. The second-order valence-electron chi connectivity index (χ2n) is 9.26. The third kappa shape index (κ3) is 5.53. The van der Waals surface area contributed by atoms with Crippen LogP contribution < -0.4 is 14.8 Å². The maximum atomic E-state index is 13.5. The second-order valence-corrected chi connectivity index (χ2v) is 9.26. The Balaban J connectivity index is 1.76. The van der Waals surface area contributed by atoms with Gasteiger partial charge in [-0.15, -0.1) is 0 Å². The largest absolute Gasteiger partial charge is 0.493 e. The summed E-state index contributed by atoms with van der Waals surface area (Å²) in [4.78, 5) is 28.4. The third-order valence-corrected chi connectivity index (χ3v) is 6.91. The highest BCUT2D eigenvalue weighted by atomic mass is 16.5. The van der Waals surface area contributed by atoms with E-state index in [1.165, 1.54) is 19.1 Å². The number of nitrogens with zero attached hydrogens (tertiary/aromatic N) is 1. The van der Waals surface area contributed by atoms with Crippen molar-refractivity contribution in [3.63, 3.8) is 0 Å². The molecule has 1 heterocycles. The smallest absolute Gasteiger partial charge is 0.247 e. The molecule has 2 aromatic carbocycles. The average Bonchev–Trinajstić information content (AvgIpc) is 3.33. The predicted octanol–water partition coefficient (Wildman–Crippen LogP) is 0.528. The van der Waals surface area contributed by atoms with Gasteiger partial charge in [-0.05, 0) is 29.3 Å². The summed E-state index contributed by atoms with van der Waals surface area (Å²) in [5.41, 5.74) is 2.28. The molecule has 2 amide bonds. The van der Waals surface area contributed by atoms with Gasteiger partial charge in [-0.25, -0.2) is 0 Å². The van der Waals surface area contributed by atoms with E-state index in [2.05, 4.69) is 5.32 Å². The number of aliphatic hydroxyl groups excluding tert-OH is 3. The summed E-state index contributed by atoms with van der Waals surface area (Å²) in [6.07, 6.45) is -0.364. The van der Waals surface area contributed by atoms with Crippen LogP contribution in [0.5, 0.6) is 11.5 Å². The van der Waals surface area contributed by atoms with E-state index in [9.17, 15) is 24.9 Å². The van der Waals surface area contributed by atoms with E-state index in [-0.39, 0.29) is 45.2 Å². The second kappa shape index (κ2) is 12.4. The minimum atomic E-state index is -1.18. The number of hydrogen-bond donors (Lipinski definition) is 4. The molecule has 10 nitrogen and oxygen atoms in total. The Labute approximate surface area is 221 Å². The molecule has 2 aliphatic rings. The fraction of sp³-hybridized carbons (Fsp3) is 0.429. The molecule has 1 aliphatic heterocycles. The Morgan fingerprint density at radius 2 is 1.87 bits per heavy atom. The Kier molecular flexibility index (Phi) is 9.01. The SMILES string of the molecule is COCCN(C(=O)Cc1ccccc1)[C@@H]1C=C(C(=O)NCCO)[C@@H]2c3cc(CO)cc(OC)c3O[C@@H]2[C@H]1O. The van der Waals surface area contributed by atoms with Crippen LogP contribution in [0.15, 0.2) is 54.1 Å². The molecule has 0 saturated carbocycles. The van der Waals surface area contributed by atoms with Crippen molar-refractivity contribution in [1.29, 1.82) is 0 Å². The predicted molar refractivity (Wildman–Crippen MR) is 138 cm³/mol. The first-order valence-electron chi connectivity index (χ1n) is 12.5. The minimum Gasteiger partial charge on any atom is -0.493 e. The standard InChI is InChI=1S/C28H34N2O8/c1-36-11-9-30(23(33)14-17-6-4-3-5-7-17)21-15-20(28(35)29-8-10-31)24-19-12-18(16-32)13-22(37-2)26(19)38-27(24)25(21)34/h3-7,12-13,15,21,24-25,27,31-32,34H,8-11,14,16H2,1-2H3,(H,29,35)/t21-,24+,25+,27+/m1/s1. The Bertz CT molecular complexity index is 1170. The normalized spacial score (nSPS) is 21.6.